The molecular formula is C17H18N4O2S2. The van der Waals surface area contributed by atoms with E-state index >= 15 is 0 Å². The van der Waals surface area contributed by atoms with Crippen LogP contribution in [-0.4, -0.2) is 34.0 Å². The third-order valence-corrected chi connectivity index (χ3v) is 5.12. The number of ether oxygens (including phenoxy) is 1. The number of thiophene rings is 1. The van der Waals surface area contributed by atoms with E-state index in [1.54, 1.807) is 18.4 Å². The van der Waals surface area contributed by atoms with Crippen molar-refractivity contribution in [3.8, 4) is 5.75 Å². The van der Waals surface area contributed by atoms with Crippen LogP contribution in [0.1, 0.15) is 16.3 Å². The molecule has 1 amide bonds. The fourth-order valence-corrected chi connectivity index (χ4v) is 3.56. The molecule has 0 bridgehead atoms. The highest BCUT2D eigenvalue weighted by molar-refractivity contribution is 7.99. The zero-order valence-electron chi connectivity index (χ0n) is 13.9. The standard InChI is InChI=1S/C17H18N4O2S2/c1-11-5-6-14(23-2)13(8-11)18-16(22)10-25-17-19-15(20-21-17)9-12-4-3-7-24-12/h3-8H,9-10H2,1-2H3,(H,18,22)(H,19,20,21). The number of aromatic amines is 1. The number of hydrogen-bond acceptors (Lipinski definition) is 6. The van der Waals surface area contributed by atoms with Gasteiger partial charge in [0.05, 0.1) is 18.6 Å². The fraction of sp³-hybridized carbons (Fsp3) is 0.235. The topological polar surface area (TPSA) is 79.9 Å². The van der Waals surface area contributed by atoms with Gasteiger partial charge in [0.2, 0.25) is 11.1 Å². The van der Waals surface area contributed by atoms with E-state index in [9.17, 15) is 4.79 Å². The van der Waals surface area contributed by atoms with Gasteiger partial charge in [0, 0.05) is 11.3 Å². The molecule has 0 radical (unpaired) electrons. The maximum Gasteiger partial charge on any atom is 0.234 e. The molecule has 0 saturated carbocycles. The van der Waals surface area contributed by atoms with Crippen molar-refractivity contribution in [2.45, 2.75) is 18.5 Å². The molecular weight excluding hydrogens is 356 g/mol. The van der Waals surface area contributed by atoms with Crippen molar-refractivity contribution in [3.05, 3.63) is 52.0 Å². The van der Waals surface area contributed by atoms with Gasteiger partial charge in [0.25, 0.3) is 0 Å². The molecule has 1 aromatic carbocycles. The maximum absolute atomic E-state index is 12.2. The summed E-state index contributed by atoms with van der Waals surface area (Å²) >= 11 is 2.98. The first kappa shape index (κ1) is 17.5. The minimum atomic E-state index is -0.126. The van der Waals surface area contributed by atoms with Gasteiger partial charge in [-0.1, -0.05) is 23.9 Å². The molecule has 130 valence electrons. The van der Waals surface area contributed by atoms with Gasteiger partial charge >= 0.3 is 0 Å². The van der Waals surface area contributed by atoms with E-state index in [0.29, 0.717) is 16.6 Å². The van der Waals surface area contributed by atoms with Crippen LogP contribution in [-0.2, 0) is 11.2 Å². The van der Waals surface area contributed by atoms with E-state index in [1.165, 1.54) is 16.6 Å². The van der Waals surface area contributed by atoms with Crippen molar-refractivity contribution in [2.24, 2.45) is 0 Å². The van der Waals surface area contributed by atoms with Crippen LogP contribution in [0.15, 0.2) is 40.9 Å². The van der Waals surface area contributed by atoms with Crippen LogP contribution in [0.5, 0.6) is 5.75 Å². The summed E-state index contributed by atoms with van der Waals surface area (Å²) in [5.41, 5.74) is 1.72. The Bertz CT molecular complexity index is 846. The highest BCUT2D eigenvalue weighted by Crippen LogP contribution is 2.25. The summed E-state index contributed by atoms with van der Waals surface area (Å²) in [5.74, 6) is 1.54. The number of thioether (sulfide) groups is 1. The molecule has 0 atom stereocenters. The van der Waals surface area contributed by atoms with Crippen molar-refractivity contribution >= 4 is 34.7 Å². The molecule has 0 aliphatic rings. The number of nitrogens with zero attached hydrogens (tertiary/aromatic N) is 2. The lowest BCUT2D eigenvalue weighted by molar-refractivity contribution is -0.113. The lowest BCUT2D eigenvalue weighted by atomic mass is 10.2. The molecule has 3 aromatic rings. The third kappa shape index (κ3) is 4.83. The van der Waals surface area contributed by atoms with Crippen LogP contribution in [0.25, 0.3) is 0 Å². The largest absolute Gasteiger partial charge is 0.495 e. The number of methoxy groups -OCH3 is 1. The van der Waals surface area contributed by atoms with Crippen molar-refractivity contribution in [2.75, 3.05) is 18.2 Å². The van der Waals surface area contributed by atoms with Gasteiger partial charge in [-0.05, 0) is 36.1 Å². The molecule has 6 nitrogen and oxygen atoms in total. The molecule has 0 aliphatic heterocycles. The quantitative estimate of drug-likeness (QED) is 0.619. The number of carbonyl (C=O) groups excluding carboxylic acids is 1. The molecule has 0 aliphatic carbocycles. The van der Waals surface area contributed by atoms with Crippen molar-refractivity contribution in [3.63, 3.8) is 0 Å². The number of amides is 1. The average Bonchev–Trinajstić information content (AvgIpc) is 3.26. The highest BCUT2D eigenvalue weighted by atomic mass is 32.2. The molecule has 0 fully saturated rings. The molecule has 0 unspecified atom stereocenters. The van der Waals surface area contributed by atoms with Gasteiger partial charge in [0.1, 0.15) is 11.6 Å². The smallest absolute Gasteiger partial charge is 0.234 e. The Morgan fingerprint density at radius 3 is 3.04 bits per heavy atom. The monoisotopic (exact) mass is 374 g/mol. The first-order chi connectivity index (χ1) is 12.1. The van der Waals surface area contributed by atoms with Crippen LogP contribution in [0.3, 0.4) is 0 Å². The summed E-state index contributed by atoms with van der Waals surface area (Å²) in [6.07, 6.45) is 0.720. The number of aromatic nitrogens is 3. The zero-order chi connectivity index (χ0) is 17.6. The first-order valence-electron chi connectivity index (χ1n) is 7.65. The molecule has 2 N–H and O–H groups in total. The Morgan fingerprint density at radius 2 is 2.28 bits per heavy atom. The van der Waals surface area contributed by atoms with E-state index in [-0.39, 0.29) is 11.7 Å². The van der Waals surface area contributed by atoms with Gasteiger partial charge < -0.3 is 10.1 Å². The number of aryl methyl sites for hydroxylation is 1. The third-order valence-electron chi connectivity index (χ3n) is 3.39. The molecule has 2 aromatic heterocycles. The molecule has 3 rings (SSSR count). The molecule has 25 heavy (non-hydrogen) atoms. The van der Waals surface area contributed by atoms with E-state index in [4.69, 9.17) is 4.74 Å². The van der Waals surface area contributed by atoms with Gasteiger partial charge in [-0.3, -0.25) is 9.89 Å². The van der Waals surface area contributed by atoms with E-state index < -0.39 is 0 Å². The minimum Gasteiger partial charge on any atom is -0.495 e. The number of nitrogens with one attached hydrogen (secondary N) is 2. The van der Waals surface area contributed by atoms with Crippen molar-refractivity contribution in [1.82, 2.24) is 15.2 Å². The number of benzene rings is 1. The number of carbonyl (C=O) groups is 1. The first-order valence-corrected chi connectivity index (χ1v) is 9.51. The molecule has 0 spiro atoms. The number of rotatable bonds is 7. The van der Waals surface area contributed by atoms with Gasteiger partial charge in [-0.2, -0.15) is 0 Å². The lowest BCUT2D eigenvalue weighted by Crippen LogP contribution is -2.15. The summed E-state index contributed by atoms with van der Waals surface area (Å²) in [7, 11) is 1.58. The predicted molar refractivity (Wildman–Crippen MR) is 101 cm³/mol. The van der Waals surface area contributed by atoms with Gasteiger partial charge in [0.15, 0.2) is 0 Å². The number of anilines is 1. The maximum atomic E-state index is 12.2. The number of hydrogen-bond donors (Lipinski definition) is 2. The minimum absolute atomic E-state index is 0.126. The van der Waals surface area contributed by atoms with E-state index in [2.05, 4.69) is 26.6 Å². The summed E-state index contributed by atoms with van der Waals surface area (Å²) in [6, 6.07) is 9.72. The summed E-state index contributed by atoms with van der Waals surface area (Å²) in [6.45, 7) is 1.96. The molecule has 0 saturated heterocycles. The number of H-pyrrole nitrogens is 1. The van der Waals surface area contributed by atoms with Crippen LogP contribution < -0.4 is 10.1 Å². The van der Waals surface area contributed by atoms with Crippen LogP contribution in [0, 0.1) is 6.92 Å². The normalized spacial score (nSPS) is 10.6. The SMILES string of the molecule is COc1ccc(C)cc1NC(=O)CSc1n[nH]c(Cc2cccs2)n1. The highest BCUT2D eigenvalue weighted by Gasteiger charge is 2.11. The van der Waals surface area contributed by atoms with Gasteiger partial charge in [-0.15, -0.1) is 16.4 Å². The van der Waals surface area contributed by atoms with Crippen molar-refractivity contribution < 1.29 is 9.53 Å². The summed E-state index contributed by atoms with van der Waals surface area (Å²) in [5, 5.41) is 12.5. The second kappa shape index (κ2) is 8.17. The predicted octanol–water partition coefficient (Wildman–Crippen LogP) is 3.50. The average molecular weight is 374 g/mol. The Balaban J connectivity index is 1.54. The fourth-order valence-electron chi connectivity index (χ4n) is 2.24. The van der Waals surface area contributed by atoms with Gasteiger partial charge in [-0.25, -0.2) is 4.98 Å². The Kier molecular flexibility index (Phi) is 5.72. The molecule has 8 heteroatoms. The second-order valence-electron chi connectivity index (χ2n) is 5.36. The van der Waals surface area contributed by atoms with Crippen molar-refractivity contribution in [1.29, 1.82) is 0 Å². The summed E-state index contributed by atoms with van der Waals surface area (Å²) in [4.78, 5) is 17.8. The Morgan fingerprint density at radius 1 is 1.40 bits per heavy atom. The van der Waals surface area contributed by atoms with Crippen LogP contribution in [0.4, 0.5) is 5.69 Å². The second-order valence-corrected chi connectivity index (χ2v) is 7.34. The molecule has 2 heterocycles. The Labute approximate surface area is 154 Å². The zero-order valence-corrected chi connectivity index (χ0v) is 15.5. The lowest BCUT2D eigenvalue weighted by Gasteiger charge is -2.10. The summed E-state index contributed by atoms with van der Waals surface area (Å²) < 4.78 is 5.27. The van der Waals surface area contributed by atoms with Crippen LogP contribution in [0.2, 0.25) is 0 Å². The van der Waals surface area contributed by atoms with Crippen LogP contribution >= 0.6 is 23.1 Å². The van der Waals surface area contributed by atoms with E-state index in [1.807, 2.05) is 36.6 Å². The van der Waals surface area contributed by atoms with E-state index in [0.717, 1.165) is 17.8 Å². The Hall–Kier alpha value is -2.32.